The first-order valence-electron chi connectivity index (χ1n) is 6.74. The molecule has 2 aromatic carbocycles. The third-order valence-electron chi connectivity index (χ3n) is 3.20. The van der Waals surface area contributed by atoms with E-state index in [0.717, 1.165) is 17.7 Å². The van der Waals surface area contributed by atoms with Crippen molar-refractivity contribution in [2.24, 2.45) is 10.9 Å². The number of hydrogen-bond donors (Lipinski definition) is 2. The van der Waals surface area contributed by atoms with Crippen LogP contribution >= 0.6 is 0 Å². The van der Waals surface area contributed by atoms with Crippen molar-refractivity contribution >= 4 is 5.69 Å². The summed E-state index contributed by atoms with van der Waals surface area (Å²) < 4.78 is 0. The minimum atomic E-state index is -0.375. The summed E-state index contributed by atoms with van der Waals surface area (Å²) in [5.74, 6) is 0. The van der Waals surface area contributed by atoms with E-state index >= 15 is 0 Å². The van der Waals surface area contributed by atoms with Gasteiger partial charge in [0.05, 0.1) is 0 Å². The molecule has 0 bridgehead atoms. The molecule has 0 amide bonds. The van der Waals surface area contributed by atoms with Crippen LogP contribution < -0.4 is 11.1 Å². The Labute approximate surface area is 119 Å². The second-order valence-corrected chi connectivity index (χ2v) is 4.65. The summed E-state index contributed by atoms with van der Waals surface area (Å²) >= 11 is 0. The van der Waals surface area contributed by atoms with E-state index in [2.05, 4.69) is 10.5 Å². The second kappa shape index (κ2) is 7.40. The Morgan fingerprint density at radius 1 is 1.05 bits per heavy atom. The van der Waals surface area contributed by atoms with Gasteiger partial charge in [0.15, 0.2) is 0 Å². The first-order chi connectivity index (χ1) is 9.83. The van der Waals surface area contributed by atoms with E-state index in [1.165, 1.54) is 5.56 Å². The van der Waals surface area contributed by atoms with Crippen LogP contribution in [0.15, 0.2) is 59.8 Å². The Bertz CT molecular complexity index is 525. The third-order valence-corrected chi connectivity index (χ3v) is 3.20. The molecule has 104 valence electrons. The average molecular weight is 269 g/mol. The Hall–Kier alpha value is -2.20. The van der Waals surface area contributed by atoms with Crippen LogP contribution in [0.4, 0.5) is 5.69 Å². The molecule has 0 aliphatic rings. The molecule has 0 heterocycles. The molecule has 0 saturated heterocycles. The summed E-state index contributed by atoms with van der Waals surface area (Å²) in [5.41, 5.74) is 8.64. The van der Waals surface area contributed by atoms with Gasteiger partial charge in [0, 0.05) is 12.2 Å². The molecule has 4 heteroatoms. The highest BCUT2D eigenvalue weighted by Gasteiger charge is 2.10. The largest absolute Gasteiger partial charge is 0.382 e. The normalized spacial score (nSPS) is 11.8. The lowest BCUT2D eigenvalue weighted by atomic mass is 10.1. The topological polar surface area (TPSA) is 67.5 Å². The molecule has 2 rings (SSSR count). The summed E-state index contributed by atoms with van der Waals surface area (Å²) in [6.45, 7) is 1.14. The van der Waals surface area contributed by atoms with E-state index in [4.69, 9.17) is 5.73 Å². The molecule has 4 nitrogen and oxygen atoms in total. The van der Waals surface area contributed by atoms with Gasteiger partial charge in [-0.25, -0.2) is 0 Å². The van der Waals surface area contributed by atoms with Gasteiger partial charge in [0.2, 0.25) is 0 Å². The molecule has 0 saturated carbocycles. The lowest BCUT2D eigenvalue weighted by Gasteiger charge is -2.12. The van der Waals surface area contributed by atoms with Crippen LogP contribution in [-0.2, 0) is 6.42 Å². The molecule has 0 aromatic heterocycles. The number of anilines is 1. The summed E-state index contributed by atoms with van der Waals surface area (Å²) in [7, 11) is 0. The Balaban J connectivity index is 1.95. The molecular formula is C16H19N3O. The van der Waals surface area contributed by atoms with Crippen molar-refractivity contribution < 1.29 is 0 Å². The van der Waals surface area contributed by atoms with Gasteiger partial charge in [0.1, 0.15) is 6.04 Å². The SMILES string of the molecule is NCCc1ccc(NC[C@@H](N=O)c2ccccc2)cc1. The zero-order valence-corrected chi connectivity index (χ0v) is 11.3. The fourth-order valence-corrected chi connectivity index (χ4v) is 2.06. The standard InChI is InChI=1S/C16H19N3O/c17-11-10-13-6-8-15(9-7-13)18-12-16(19-20)14-4-2-1-3-5-14/h1-9,16,18H,10-12,17H2/t16-/m1/s1. The van der Waals surface area contributed by atoms with E-state index in [9.17, 15) is 4.91 Å². The van der Waals surface area contributed by atoms with Gasteiger partial charge >= 0.3 is 0 Å². The zero-order chi connectivity index (χ0) is 14.2. The summed E-state index contributed by atoms with van der Waals surface area (Å²) in [6, 6.07) is 17.3. The Morgan fingerprint density at radius 2 is 1.75 bits per heavy atom. The van der Waals surface area contributed by atoms with Crippen molar-refractivity contribution in [1.29, 1.82) is 0 Å². The Morgan fingerprint density at radius 3 is 2.35 bits per heavy atom. The quantitative estimate of drug-likeness (QED) is 0.759. The first-order valence-corrected chi connectivity index (χ1v) is 6.74. The lowest BCUT2D eigenvalue weighted by molar-refractivity contribution is 0.759. The van der Waals surface area contributed by atoms with Crippen LogP contribution in [0.5, 0.6) is 0 Å². The fraction of sp³-hybridized carbons (Fsp3) is 0.250. The smallest absolute Gasteiger partial charge is 0.134 e. The van der Waals surface area contributed by atoms with Crippen molar-refractivity contribution in [3.8, 4) is 0 Å². The molecule has 0 aliphatic heterocycles. The van der Waals surface area contributed by atoms with E-state index in [1.807, 2.05) is 54.6 Å². The average Bonchev–Trinajstić information content (AvgIpc) is 2.51. The number of hydrogen-bond acceptors (Lipinski definition) is 4. The zero-order valence-electron chi connectivity index (χ0n) is 11.3. The Kier molecular flexibility index (Phi) is 5.26. The van der Waals surface area contributed by atoms with Crippen molar-refractivity contribution in [1.82, 2.24) is 0 Å². The van der Waals surface area contributed by atoms with Crippen LogP contribution in [0.2, 0.25) is 0 Å². The summed E-state index contributed by atoms with van der Waals surface area (Å²) in [5, 5.41) is 6.43. The first kappa shape index (κ1) is 14.2. The predicted molar refractivity (Wildman–Crippen MR) is 82.7 cm³/mol. The minimum Gasteiger partial charge on any atom is -0.382 e. The highest BCUT2D eigenvalue weighted by molar-refractivity contribution is 5.45. The van der Waals surface area contributed by atoms with Crippen LogP contribution in [0, 0.1) is 4.91 Å². The highest BCUT2D eigenvalue weighted by atomic mass is 16.3. The van der Waals surface area contributed by atoms with E-state index in [0.29, 0.717) is 13.1 Å². The van der Waals surface area contributed by atoms with Crippen LogP contribution in [0.25, 0.3) is 0 Å². The number of nitroso groups, excluding NO2 is 1. The number of nitrogens with two attached hydrogens (primary N) is 1. The van der Waals surface area contributed by atoms with Gasteiger partial charge in [-0.05, 0) is 36.2 Å². The van der Waals surface area contributed by atoms with Gasteiger partial charge in [-0.15, -0.1) is 0 Å². The van der Waals surface area contributed by atoms with Gasteiger partial charge in [-0.3, -0.25) is 0 Å². The third kappa shape index (κ3) is 3.90. The maximum Gasteiger partial charge on any atom is 0.134 e. The van der Waals surface area contributed by atoms with Gasteiger partial charge in [-0.2, -0.15) is 4.91 Å². The number of nitrogens with one attached hydrogen (secondary N) is 1. The molecule has 1 atom stereocenters. The van der Waals surface area contributed by atoms with Crippen molar-refractivity contribution in [3.05, 3.63) is 70.6 Å². The molecule has 0 radical (unpaired) electrons. The summed E-state index contributed by atoms with van der Waals surface area (Å²) in [4.78, 5) is 11.0. The fourth-order valence-electron chi connectivity index (χ4n) is 2.06. The minimum absolute atomic E-state index is 0.375. The second-order valence-electron chi connectivity index (χ2n) is 4.65. The highest BCUT2D eigenvalue weighted by Crippen LogP contribution is 2.18. The van der Waals surface area contributed by atoms with Gasteiger partial charge in [-0.1, -0.05) is 47.6 Å². The molecular weight excluding hydrogens is 250 g/mol. The maximum absolute atomic E-state index is 11.0. The van der Waals surface area contributed by atoms with E-state index in [1.54, 1.807) is 0 Å². The van der Waals surface area contributed by atoms with Crippen molar-refractivity contribution in [2.45, 2.75) is 12.5 Å². The number of nitrogens with zero attached hydrogens (tertiary/aromatic N) is 1. The maximum atomic E-state index is 11.0. The monoisotopic (exact) mass is 269 g/mol. The van der Waals surface area contributed by atoms with Crippen LogP contribution in [0.1, 0.15) is 17.2 Å². The predicted octanol–water partition coefficient (Wildman–Crippen LogP) is 3.11. The lowest BCUT2D eigenvalue weighted by Crippen LogP contribution is -2.10. The molecule has 0 aliphatic carbocycles. The molecule has 0 spiro atoms. The number of rotatable bonds is 7. The molecule has 3 N–H and O–H groups in total. The van der Waals surface area contributed by atoms with Gasteiger partial charge < -0.3 is 11.1 Å². The molecule has 0 fully saturated rings. The van der Waals surface area contributed by atoms with E-state index < -0.39 is 0 Å². The van der Waals surface area contributed by atoms with Crippen LogP contribution in [0.3, 0.4) is 0 Å². The van der Waals surface area contributed by atoms with Crippen LogP contribution in [-0.4, -0.2) is 13.1 Å². The van der Waals surface area contributed by atoms with E-state index in [-0.39, 0.29) is 6.04 Å². The summed E-state index contributed by atoms with van der Waals surface area (Å²) in [6.07, 6.45) is 0.878. The molecule has 20 heavy (non-hydrogen) atoms. The molecule has 0 unspecified atom stereocenters. The number of benzene rings is 2. The van der Waals surface area contributed by atoms with Crippen molar-refractivity contribution in [3.63, 3.8) is 0 Å². The molecule has 2 aromatic rings. The van der Waals surface area contributed by atoms with Gasteiger partial charge in [0.25, 0.3) is 0 Å². The van der Waals surface area contributed by atoms with Crippen molar-refractivity contribution in [2.75, 3.05) is 18.4 Å².